The predicted octanol–water partition coefficient (Wildman–Crippen LogP) is 2.40. The first-order valence-corrected chi connectivity index (χ1v) is 7.79. The lowest BCUT2D eigenvalue weighted by molar-refractivity contribution is 0.814. The van der Waals surface area contributed by atoms with E-state index in [0.29, 0.717) is 5.16 Å². The molecule has 0 atom stereocenters. The Morgan fingerprint density at radius 2 is 2.14 bits per heavy atom. The fourth-order valence-electron chi connectivity index (χ4n) is 1.89. The van der Waals surface area contributed by atoms with Crippen molar-refractivity contribution in [3.8, 4) is 0 Å². The number of nitrogens with one attached hydrogen (secondary N) is 2. The van der Waals surface area contributed by atoms with Crippen molar-refractivity contribution in [2.75, 3.05) is 11.9 Å². The SMILES string of the molecule is CCCc1cc(=O)[nH]c(Sc2ncnc(NCC)c2C)n1. The second kappa shape index (κ2) is 7.21. The molecule has 0 fully saturated rings. The van der Waals surface area contributed by atoms with Crippen molar-refractivity contribution in [3.63, 3.8) is 0 Å². The van der Waals surface area contributed by atoms with Crippen LogP contribution in [-0.2, 0) is 6.42 Å². The Hall–Kier alpha value is -1.89. The lowest BCUT2D eigenvalue weighted by atomic mass is 10.2. The minimum Gasteiger partial charge on any atom is -0.370 e. The summed E-state index contributed by atoms with van der Waals surface area (Å²) in [7, 11) is 0. The normalized spacial score (nSPS) is 10.6. The zero-order valence-electron chi connectivity index (χ0n) is 12.4. The number of H-pyrrole nitrogens is 1. The highest BCUT2D eigenvalue weighted by molar-refractivity contribution is 7.99. The summed E-state index contributed by atoms with van der Waals surface area (Å²) in [6, 6.07) is 1.55. The van der Waals surface area contributed by atoms with Crippen LogP contribution in [0.4, 0.5) is 5.82 Å². The van der Waals surface area contributed by atoms with Gasteiger partial charge in [0.05, 0.1) is 0 Å². The molecule has 0 aliphatic rings. The van der Waals surface area contributed by atoms with Crippen molar-refractivity contribution >= 4 is 17.6 Å². The highest BCUT2D eigenvalue weighted by atomic mass is 32.2. The van der Waals surface area contributed by atoms with Crippen molar-refractivity contribution in [2.24, 2.45) is 0 Å². The Bertz CT molecular complexity index is 671. The maximum absolute atomic E-state index is 11.7. The Balaban J connectivity index is 2.29. The first-order valence-electron chi connectivity index (χ1n) is 6.97. The molecule has 2 aromatic heterocycles. The maximum Gasteiger partial charge on any atom is 0.251 e. The molecule has 0 saturated heterocycles. The Morgan fingerprint density at radius 1 is 1.33 bits per heavy atom. The van der Waals surface area contributed by atoms with Gasteiger partial charge < -0.3 is 10.3 Å². The van der Waals surface area contributed by atoms with Crippen LogP contribution < -0.4 is 10.9 Å². The van der Waals surface area contributed by atoms with E-state index in [1.54, 1.807) is 6.07 Å². The van der Waals surface area contributed by atoms with Crippen LogP contribution >= 0.6 is 11.8 Å². The van der Waals surface area contributed by atoms with E-state index in [1.807, 2.05) is 13.8 Å². The number of anilines is 1. The van der Waals surface area contributed by atoms with E-state index in [-0.39, 0.29) is 5.56 Å². The highest BCUT2D eigenvalue weighted by Gasteiger charge is 2.10. The molecule has 6 nitrogen and oxygen atoms in total. The summed E-state index contributed by atoms with van der Waals surface area (Å²) in [5, 5.41) is 4.54. The second-order valence-electron chi connectivity index (χ2n) is 4.58. The molecule has 2 rings (SSSR count). The number of hydrogen-bond donors (Lipinski definition) is 2. The van der Waals surface area contributed by atoms with Gasteiger partial charge in [-0.3, -0.25) is 4.79 Å². The maximum atomic E-state index is 11.7. The van der Waals surface area contributed by atoms with Crippen LogP contribution in [0.15, 0.2) is 27.4 Å². The largest absolute Gasteiger partial charge is 0.370 e. The average molecular weight is 305 g/mol. The minimum atomic E-state index is -0.130. The van der Waals surface area contributed by atoms with Gasteiger partial charge in [0.25, 0.3) is 5.56 Å². The third-order valence-electron chi connectivity index (χ3n) is 2.85. The van der Waals surface area contributed by atoms with Gasteiger partial charge in [0, 0.05) is 23.9 Å². The molecule has 0 amide bonds. The predicted molar refractivity (Wildman–Crippen MR) is 83.9 cm³/mol. The number of hydrogen-bond acceptors (Lipinski definition) is 6. The van der Waals surface area contributed by atoms with Crippen molar-refractivity contribution in [2.45, 2.75) is 43.8 Å². The summed E-state index contributed by atoms with van der Waals surface area (Å²) in [5.41, 5.74) is 1.63. The Morgan fingerprint density at radius 3 is 2.86 bits per heavy atom. The van der Waals surface area contributed by atoms with Gasteiger partial charge in [0.15, 0.2) is 5.16 Å². The van der Waals surface area contributed by atoms with Crippen molar-refractivity contribution in [3.05, 3.63) is 34.0 Å². The van der Waals surface area contributed by atoms with Crippen molar-refractivity contribution < 1.29 is 0 Å². The molecule has 2 aromatic rings. The lowest BCUT2D eigenvalue weighted by Crippen LogP contribution is -2.10. The van der Waals surface area contributed by atoms with Gasteiger partial charge in [0.2, 0.25) is 0 Å². The van der Waals surface area contributed by atoms with E-state index in [2.05, 4.69) is 32.2 Å². The van der Waals surface area contributed by atoms with Gasteiger partial charge in [-0.25, -0.2) is 15.0 Å². The third kappa shape index (κ3) is 4.04. The van der Waals surface area contributed by atoms with Gasteiger partial charge in [-0.05, 0) is 32.0 Å². The smallest absolute Gasteiger partial charge is 0.251 e. The van der Waals surface area contributed by atoms with Crippen LogP contribution in [0.3, 0.4) is 0 Å². The first kappa shape index (κ1) is 15.5. The number of aryl methyl sites for hydroxylation is 1. The number of rotatable bonds is 6. The van der Waals surface area contributed by atoms with Crippen LogP contribution in [0.1, 0.15) is 31.5 Å². The van der Waals surface area contributed by atoms with Gasteiger partial charge in [0.1, 0.15) is 17.2 Å². The summed E-state index contributed by atoms with van der Waals surface area (Å²) in [6.07, 6.45) is 3.27. The highest BCUT2D eigenvalue weighted by Crippen LogP contribution is 2.27. The fraction of sp³-hybridized carbons (Fsp3) is 0.429. The van der Waals surface area contributed by atoms with E-state index in [0.717, 1.165) is 41.5 Å². The molecular weight excluding hydrogens is 286 g/mol. The molecule has 0 aliphatic carbocycles. The summed E-state index contributed by atoms with van der Waals surface area (Å²) in [4.78, 5) is 27.4. The molecule has 112 valence electrons. The zero-order valence-corrected chi connectivity index (χ0v) is 13.3. The number of aromatic nitrogens is 4. The van der Waals surface area contributed by atoms with E-state index < -0.39 is 0 Å². The molecular formula is C14H19N5OS. The molecule has 2 N–H and O–H groups in total. The number of aromatic amines is 1. The Kier molecular flexibility index (Phi) is 5.32. The molecule has 0 saturated carbocycles. The molecule has 0 aromatic carbocycles. The van der Waals surface area contributed by atoms with E-state index in [1.165, 1.54) is 18.1 Å². The van der Waals surface area contributed by atoms with Crippen LogP contribution in [0.2, 0.25) is 0 Å². The average Bonchev–Trinajstić information content (AvgIpc) is 2.43. The molecule has 0 bridgehead atoms. The van der Waals surface area contributed by atoms with Gasteiger partial charge in [-0.15, -0.1) is 0 Å². The lowest BCUT2D eigenvalue weighted by Gasteiger charge is -2.09. The van der Waals surface area contributed by atoms with Crippen LogP contribution in [-0.4, -0.2) is 26.5 Å². The van der Waals surface area contributed by atoms with Crippen LogP contribution in [0, 0.1) is 6.92 Å². The summed E-state index contributed by atoms with van der Waals surface area (Å²) >= 11 is 1.35. The van der Waals surface area contributed by atoms with Crippen LogP contribution in [0.25, 0.3) is 0 Å². The monoisotopic (exact) mass is 305 g/mol. The van der Waals surface area contributed by atoms with E-state index >= 15 is 0 Å². The van der Waals surface area contributed by atoms with Gasteiger partial charge in [-0.2, -0.15) is 0 Å². The van der Waals surface area contributed by atoms with E-state index in [4.69, 9.17) is 0 Å². The first-order chi connectivity index (χ1) is 10.1. The Labute approximate surface area is 127 Å². The topological polar surface area (TPSA) is 83.6 Å². The molecule has 2 heterocycles. The van der Waals surface area contributed by atoms with Gasteiger partial charge >= 0.3 is 0 Å². The number of nitrogens with zero attached hydrogens (tertiary/aromatic N) is 3. The summed E-state index contributed by atoms with van der Waals surface area (Å²) < 4.78 is 0. The summed E-state index contributed by atoms with van der Waals surface area (Å²) in [5.74, 6) is 0.807. The second-order valence-corrected chi connectivity index (χ2v) is 5.55. The van der Waals surface area contributed by atoms with E-state index in [9.17, 15) is 4.79 Å². The van der Waals surface area contributed by atoms with Crippen molar-refractivity contribution in [1.29, 1.82) is 0 Å². The molecule has 21 heavy (non-hydrogen) atoms. The molecule has 0 spiro atoms. The van der Waals surface area contributed by atoms with Gasteiger partial charge in [-0.1, -0.05) is 13.3 Å². The fourth-order valence-corrected chi connectivity index (χ4v) is 2.74. The van der Waals surface area contributed by atoms with Crippen LogP contribution in [0.5, 0.6) is 0 Å². The molecule has 0 radical (unpaired) electrons. The third-order valence-corrected chi connectivity index (χ3v) is 3.85. The molecule has 0 unspecified atom stereocenters. The molecule has 7 heteroatoms. The summed E-state index contributed by atoms with van der Waals surface area (Å²) in [6.45, 7) is 6.83. The standard InChI is InChI=1S/C14H19N5OS/c1-4-6-10-7-11(20)19-14(18-10)21-13-9(3)12(15-5-2)16-8-17-13/h7-8H,4-6H2,1-3H3,(H,15,16,17)(H,18,19,20). The quantitative estimate of drug-likeness (QED) is 0.630. The zero-order chi connectivity index (χ0) is 15.2. The minimum absolute atomic E-state index is 0.130. The van der Waals surface area contributed by atoms with Crippen molar-refractivity contribution in [1.82, 2.24) is 19.9 Å². The molecule has 0 aliphatic heterocycles.